The molecule has 2 aromatic carbocycles. The second-order valence-electron chi connectivity index (χ2n) is 6.42. The summed E-state index contributed by atoms with van der Waals surface area (Å²) in [5.74, 6) is -1.21. The Morgan fingerprint density at radius 2 is 1.82 bits per heavy atom. The lowest BCUT2D eigenvalue weighted by Gasteiger charge is -2.16. The maximum atomic E-state index is 12.3. The number of ether oxygens (including phenoxy) is 1. The van der Waals surface area contributed by atoms with Crippen molar-refractivity contribution in [2.24, 2.45) is 0 Å². The normalized spacial score (nSPS) is 11.9. The number of rotatable bonds is 8. The smallest absolute Gasteiger partial charge is 0.419 e. The summed E-state index contributed by atoms with van der Waals surface area (Å²) in [6.45, 7) is 0.352. The molecule has 0 radical (unpaired) electrons. The van der Waals surface area contributed by atoms with Gasteiger partial charge in [0.1, 0.15) is 6.04 Å². The molecular formula is C21H22N2O5. The van der Waals surface area contributed by atoms with Crippen LogP contribution in [0.3, 0.4) is 0 Å². The fourth-order valence-electron chi connectivity index (χ4n) is 3.08. The molecule has 1 N–H and O–H groups in total. The van der Waals surface area contributed by atoms with E-state index in [2.05, 4.69) is 5.32 Å². The molecule has 1 atom stereocenters. The third-order valence-corrected chi connectivity index (χ3v) is 4.46. The molecule has 1 aromatic heterocycles. The maximum Gasteiger partial charge on any atom is 0.419 e. The van der Waals surface area contributed by atoms with Gasteiger partial charge in [-0.25, -0.2) is 9.59 Å². The zero-order valence-electron chi connectivity index (χ0n) is 15.6. The van der Waals surface area contributed by atoms with Gasteiger partial charge in [-0.15, -0.1) is 0 Å². The number of carbonyl (C=O) groups is 2. The number of oxazole rings is 1. The number of nitrogens with zero attached hydrogens (tertiary/aromatic N) is 1. The summed E-state index contributed by atoms with van der Waals surface area (Å²) in [7, 11) is 1.29. The third kappa shape index (κ3) is 4.68. The monoisotopic (exact) mass is 382 g/mol. The molecule has 0 bridgehead atoms. The van der Waals surface area contributed by atoms with Crippen LogP contribution in [0.1, 0.15) is 18.4 Å². The van der Waals surface area contributed by atoms with Crippen LogP contribution in [-0.4, -0.2) is 29.6 Å². The molecule has 0 aliphatic carbocycles. The van der Waals surface area contributed by atoms with Gasteiger partial charge in [0.15, 0.2) is 5.58 Å². The number of para-hydroxylation sites is 2. The fraction of sp³-hybridized carbons (Fsp3) is 0.286. The van der Waals surface area contributed by atoms with E-state index in [1.54, 1.807) is 18.2 Å². The van der Waals surface area contributed by atoms with Crippen molar-refractivity contribution in [2.75, 3.05) is 7.11 Å². The van der Waals surface area contributed by atoms with E-state index in [0.717, 1.165) is 5.56 Å². The van der Waals surface area contributed by atoms with Crippen molar-refractivity contribution in [2.45, 2.75) is 31.8 Å². The quantitative estimate of drug-likeness (QED) is 0.604. The standard InChI is InChI=1S/C21H22N2O5/c1-27-20(25)16(14-15-8-3-2-4-9-15)22-19(24)12-7-13-23-17-10-5-6-11-18(17)28-21(23)26/h2-6,8-11,16H,7,12-14H2,1H3,(H,22,24)/t16-/m0/s1. The Hall–Kier alpha value is -3.35. The molecule has 0 aliphatic rings. The van der Waals surface area contributed by atoms with Crippen LogP contribution in [-0.2, 0) is 27.3 Å². The largest absolute Gasteiger partial charge is 0.467 e. The van der Waals surface area contributed by atoms with Gasteiger partial charge in [-0.2, -0.15) is 0 Å². The van der Waals surface area contributed by atoms with Crippen molar-refractivity contribution in [3.63, 3.8) is 0 Å². The van der Waals surface area contributed by atoms with E-state index in [1.165, 1.54) is 11.7 Å². The average molecular weight is 382 g/mol. The van der Waals surface area contributed by atoms with Gasteiger partial charge in [0.25, 0.3) is 0 Å². The summed E-state index contributed by atoms with van der Waals surface area (Å²) >= 11 is 0. The van der Waals surface area contributed by atoms with Crippen LogP contribution in [0.25, 0.3) is 11.1 Å². The fourth-order valence-corrected chi connectivity index (χ4v) is 3.08. The molecule has 1 heterocycles. The van der Waals surface area contributed by atoms with E-state index < -0.39 is 17.8 Å². The Bertz CT molecular complexity index is 1010. The van der Waals surface area contributed by atoms with Gasteiger partial charge in [0, 0.05) is 19.4 Å². The predicted octanol–water partition coefficient (Wildman–Crippen LogP) is 2.28. The molecule has 28 heavy (non-hydrogen) atoms. The van der Waals surface area contributed by atoms with Gasteiger partial charge >= 0.3 is 11.7 Å². The van der Waals surface area contributed by atoms with Crippen LogP contribution in [0.2, 0.25) is 0 Å². The lowest BCUT2D eigenvalue weighted by molar-refractivity contribution is -0.145. The third-order valence-electron chi connectivity index (χ3n) is 4.46. The molecule has 0 unspecified atom stereocenters. The first-order valence-corrected chi connectivity index (χ1v) is 9.08. The van der Waals surface area contributed by atoms with Crippen molar-refractivity contribution in [1.82, 2.24) is 9.88 Å². The van der Waals surface area contributed by atoms with Gasteiger partial charge < -0.3 is 14.5 Å². The van der Waals surface area contributed by atoms with E-state index in [4.69, 9.17) is 9.15 Å². The van der Waals surface area contributed by atoms with Crippen molar-refractivity contribution in [3.8, 4) is 0 Å². The molecule has 7 heteroatoms. The zero-order valence-corrected chi connectivity index (χ0v) is 15.6. The minimum Gasteiger partial charge on any atom is -0.467 e. The summed E-state index contributed by atoms with van der Waals surface area (Å²) in [5.41, 5.74) is 2.14. The first-order valence-electron chi connectivity index (χ1n) is 9.08. The Morgan fingerprint density at radius 1 is 1.11 bits per heavy atom. The second kappa shape index (κ2) is 9.03. The Kier molecular flexibility index (Phi) is 6.26. The molecule has 3 aromatic rings. The number of fused-ring (bicyclic) bond motifs is 1. The van der Waals surface area contributed by atoms with Crippen LogP contribution in [0, 0.1) is 0 Å². The number of amides is 1. The number of hydrogen-bond donors (Lipinski definition) is 1. The van der Waals surface area contributed by atoms with E-state index in [9.17, 15) is 14.4 Å². The highest BCUT2D eigenvalue weighted by Gasteiger charge is 2.21. The van der Waals surface area contributed by atoms with Crippen molar-refractivity contribution >= 4 is 23.0 Å². The maximum absolute atomic E-state index is 12.3. The highest BCUT2D eigenvalue weighted by atomic mass is 16.5. The average Bonchev–Trinajstić information content (AvgIpc) is 3.03. The number of methoxy groups -OCH3 is 1. The first kappa shape index (κ1) is 19.4. The van der Waals surface area contributed by atoms with E-state index in [1.807, 2.05) is 36.4 Å². The number of aryl methyl sites for hydroxylation is 1. The molecule has 7 nitrogen and oxygen atoms in total. The molecule has 1 amide bonds. The molecule has 0 saturated heterocycles. The Balaban J connectivity index is 1.57. The Morgan fingerprint density at radius 3 is 2.57 bits per heavy atom. The molecule has 0 fully saturated rings. The predicted molar refractivity (Wildman–Crippen MR) is 104 cm³/mol. The van der Waals surface area contributed by atoms with E-state index in [0.29, 0.717) is 30.5 Å². The second-order valence-corrected chi connectivity index (χ2v) is 6.42. The molecule has 0 spiro atoms. The van der Waals surface area contributed by atoms with Crippen LogP contribution in [0.4, 0.5) is 0 Å². The van der Waals surface area contributed by atoms with Crippen LogP contribution in [0.5, 0.6) is 0 Å². The molecule has 0 aliphatic heterocycles. The number of aromatic nitrogens is 1. The molecule has 146 valence electrons. The highest BCUT2D eigenvalue weighted by molar-refractivity contribution is 5.84. The van der Waals surface area contributed by atoms with Crippen molar-refractivity contribution < 1.29 is 18.7 Å². The van der Waals surface area contributed by atoms with E-state index in [-0.39, 0.29) is 12.3 Å². The topological polar surface area (TPSA) is 90.5 Å². The number of benzene rings is 2. The van der Waals surface area contributed by atoms with Crippen LogP contribution in [0.15, 0.2) is 63.8 Å². The van der Waals surface area contributed by atoms with Crippen LogP contribution < -0.4 is 11.1 Å². The van der Waals surface area contributed by atoms with Crippen molar-refractivity contribution in [1.29, 1.82) is 0 Å². The number of carbonyl (C=O) groups excluding carboxylic acids is 2. The van der Waals surface area contributed by atoms with Gasteiger partial charge in [-0.1, -0.05) is 42.5 Å². The highest BCUT2D eigenvalue weighted by Crippen LogP contribution is 2.12. The lowest BCUT2D eigenvalue weighted by atomic mass is 10.1. The summed E-state index contributed by atoms with van der Waals surface area (Å²) in [4.78, 5) is 36.3. The minimum absolute atomic E-state index is 0.175. The van der Waals surface area contributed by atoms with Crippen LogP contribution >= 0.6 is 0 Å². The molecule has 3 rings (SSSR count). The Labute approximate surface area is 161 Å². The van der Waals surface area contributed by atoms with Gasteiger partial charge in [-0.3, -0.25) is 9.36 Å². The van der Waals surface area contributed by atoms with Crippen molar-refractivity contribution in [3.05, 3.63) is 70.7 Å². The zero-order chi connectivity index (χ0) is 19.9. The number of hydrogen-bond acceptors (Lipinski definition) is 5. The molecular weight excluding hydrogens is 360 g/mol. The van der Waals surface area contributed by atoms with Gasteiger partial charge in [0.05, 0.1) is 12.6 Å². The first-order chi connectivity index (χ1) is 13.6. The minimum atomic E-state index is -0.752. The van der Waals surface area contributed by atoms with Gasteiger partial charge in [-0.05, 0) is 24.1 Å². The summed E-state index contributed by atoms with van der Waals surface area (Å²) in [6, 6.07) is 15.8. The lowest BCUT2D eigenvalue weighted by Crippen LogP contribution is -2.43. The number of esters is 1. The summed E-state index contributed by atoms with van der Waals surface area (Å²) < 4.78 is 11.5. The number of nitrogens with one attached hydrogen (secondary N) is 1. The SMILES string of the molecule is COC(=O)[C@H](Cc1ccccc1)NC(=O)CCCn1c(=O)oc2ccccc21. The molecule has 0 saturated carbocycles. The van der Waals surface area contributed by atoms with E-state index >= 15 is 0 Å². The summed E-state index contributed by atoms with van der Waals surface area (Å²) in [5, 5.41) is 2.72. The summed E-state index contributed by atoms with van der Waals surface area (Å²) in [6.07, 6.45) is 0.966. The van der Waals surface area contributed by atoms with Gasteiger partial charge in [0.2, 0.25) is 5.91 Å².